The fourth-order valence-corrected chi connectivity index (χ4v) is 2.12. The van der Waals surface area contributed by atoms with E-state index < -0.39 is 17.3 Å². The van der Waals surface area contributed by atoms with Crippen LogP contribution >= 0.6 is 11.3 Å². The number of aryl methyl sites for hydroxylation is 1. The molecule has 1 heterocycles. The molecule has 8 heteroatoms. The molecule has 1 aromatic heterocycles. The smallest absolute Gasteiger partial charge is 0.291 e. The topological polar surface area (TPSA) is 54.9 Å². The third-order valence-electron chi connectivity index (χ3n) is 2.45. The number of alkyl halides is 2. The van der Waals surface area contributed by atoms with Crippen molar-refractivity contribution in [2.24, 2.45) is 0 Å². The molecule has 2 aromatic rings. The highest BCUT2D eigenvalue weighted by Crippen LogP contribution is 2.25. The Morgan fingerprint density at radius 1 is 1.30 bits per heavy atom. The molecule has 0 fully saturated rings. The van der Waals surface area contributed by atoms with Gasteiger partial charge in [0.2, 0.25) is 11.0 Å². The van der Waals surface area contributed by atoms with Gasteiger partial charge in [-0.25, -0.2) is 13.2 Å². The Balaban J connectivity index is 1.88. The van der Waals surface area contributed by atoms with E-state index >= 15 is 0 Å². The van der Waals surface area contributed by atoms with Crippen LogP contribution in [0.15, 0.2) is 24.3 Å². The maximum Gasteiger partial charge on any atom is 0.291 e. The number of rotatable bonds is 5. The molecule has 0 aliphatic heterocycles. The van der Waals surface area contributed by atoms with Gasteiger partial charge in [0.05, 0.1) is 0 Å². The van der Waals surface area contributed by atoms with Crippen molar-refractivity contribution < 1.29 is 18.0 Å². The fraction of sp³-hybridized carbons (Fsp3) is 0.250. The monoisotopic (exact) mass is 301 g/mol. The van der Waals surface area contributed by atoms with Gasteiger partial charge in [-0.15, -0.1) is 10.2 Å². The van der Waals surface area contributed by atoms with Gasteiger partial charge >= 0.3 is 0 Å². The molecule has 20 heavy (non-hydrogen) atoms. The average Bonchev–Trinajstić information content (AvgIpc) is 2.86. The molecule has 106 valence electrons. The summed E-state index contributed by atoms with van der Waals surface area (Å²) in [6.45, 7) is 0. The molecule has 1 aromatic carbocycles. The Labute approximate surface area is 116 Å². The zero-order chi connectivity index (χ0) is 14.5. The highest BCUT2D eigenvalue weighted by Gasteiger charge is 2.15. The highest BCUT2D eigenvalue weighted by atomic mass is 32.1. The summed E-state index contributed by atoms with van der Waals surface area (Å²) in [6, 6.07) is 6.14. The van der Waals surface area contributed by atoms with E-state index in [0.717, 1.165) is 0 Å². The van der Waals surface area contributed by atoms with Crippen LogP contribution in [0.2, 0.25) is 0 Å². The molecule has 4 nitrogen and oxygen atoms in total. The van der Waals surface area contributed by atoms with Crippen molar-refractivity contribution >= 4 is 22.4 Å². The van der Waals surface area contributed by atoms with Gasteiger partial charge in [0.1, 0.15) is 5.82 Å². The number of benzene rings is 1. The first-order valence-electron chi connectivity index (χ1n) is 5.71. The molecule has 0 atom stereocenters. The largest absolute Gasteiger partial charge is 0.301 e. The second kappa shape index (κ2) is 6.47. The summed E-state index contributed by atoms with van der Waals surface area (Å²) in [6.07, 6.45) is -2.46. The number of carbonyl (C=O) groups excluding carboxylic acids is 1. The lowest BCUT2D eigenvalue weighted by Crippen LogP contribution is -2.12. The Hall–Kier alpha value is -1.96. The normalized spacial score (nSPS) is 10.8. The van der Waals surface area contributed by atoms with Crippen LogP contribution < -0.4 is 5.32 Å². The van der Waals surface area contributed by atoms with Gasteiger partial charge in [0, 0.05) is 6.42 Å². The SMILES string of the molecule is O=C(CCc1ccccc1F)Nc1nnc(C(F)F)s1. The standard InChI is InChI=1S/C12H10F3N3OS/c13-8-4-2-1-3-7(8)5-6-9(19)16-12-18-17-11(20-12)10(14)15/h1-4,10H,5-6H2,(H,16,18,19). The lowest BCUT2D eigenvalue weighted by molar-refractivity contribution is -0.116. The van der Waals surface area contributed by atoms with E-state index in [1.807, 2.05) is 0 Å². The van der Waals surface area contributed by atoms with Crippen LogP contribution in [-0.2, 0) is 11.2 Å². The predicted molar refractivity (Wildman–Crippen MR) is 68.2 cm³/mol. The minimum atomic E-state index is -2.71. The van der Waals surface area contributed by atoms with Crippen molar-refractivity contribution in [2.45, 2.75) is 19.3 Å². The molecular weight excluding hydrogens is 291 g/mol. The van der Waals surface area contributed by atoms with Gasteiger partial charge in [-0.2, -0.15) is 0 Å². The molecule has 1 N–H and O–H groups in total. The van der Waals surface area contributed by atoms with Crippen LogP contribution in [0.25, 0.3) is 0 Å². The number of carbonyl (C=O) groups is 1. The van der Waals surface area contributed by atoms with E-state index in [9.17, 15) is 18.0 Å². The number of halogens is 3. The first kappa shape index (κ1) is 14.4. The number of nitrogens with zero attached hydrogens (tertiary/aromatic N) is 2. The van der Waals surface area contributed by atoms with Gasteiger partial charge in [0.25, 0.3) is 6.43 Å². The van der Waals surface area contributed by atoms with Crippen molar-refractivity contribution in [3.63, 3.8) is 0 Å². The number of anilines is 1. The number of hydrogen-bond acceptors (Lipinski definition) is 4. The van der Waals surface area contributed by atoms with E-state index in [1.54, 1.807) is 18.2 Å². The zero-order valence-corrected chi connectivity index (χ0v) is 11.0. The first-order chi connectivity index (χ1) is 9.56. The highest BCUT2D eigenvalue weighted by molar-refractivity contribution is 7.15. The lowest BCUT2D eigenvalue weighted by Gasteiger charge is -2.02. The van der Waals surface area contributed by atoms with Gasteiger partial charge < -0.3 is 5.32 Å². The van der Waals surface area contributed by atoms with Crippen molar-refractivity contribution in [2.75, 3.05) is 5.32 Å². The predicted octanol–water partition coefficient (Wildman–Crippen LogP) is 3.19. The van der Waals surface area contributed by atoms with Crippen LogP contribution in [0, 0.1) is 5.82 Å². The van der Waals surface area contributed by atoms with E-state index in [0.29, 0.717) is 16.9 Å². The molecule has 0 bridgehead atoms. The summed E-state index contributed by atoms with van der Waals surface area (Å²) in [5, 5.41) is 8.60. The summed E-state index contributed by atoms with van der Waals surface area (Å²) >= 11 is 0.616. The molecule has 0 unspecified atom stereocenters. The van der Waals surface area contributed by atoms with Crippen molar-refractivity contribution in [3.05, 3.63) is 40.7 Å². The third-order valence-corrected chi connectivity index (χ3v) is 3.30. The molecular formula is C12H10F3N3OS. The second-order valence-corrected chi connectivity index (χ2v) is 4.89. The molecule has 2 rings (SSSR count). The molecule has 1 amide bonds. The molecule has 0 aliphatic rings. The second-order valence-electron chi connectivity index (χ2n) is 3.89. The van der Waals surface area contributed by atoms with Crippen LogP contribution in [-0.4, -0.2) is 16.1 Å². The van der Waals surface area contributed by atoms with Gasteiger partial charge in [0.15, 0.2) is 5.01 Å². The van der Waals surface area contributed by atoms with Crippen molar-refractivity contribution in [1.29, 1.82) is 0 Å². The van der Waals surface area contributed by atoms with Crippen LogP contribution in [0.1, 0.15) is 23.4 Å². The summed E-state index contributed by atoms with van der Waals surface area (Å²) in [7, 11) is 0. The fourth-order valence-electron chi connectivity index (χ4n) is 1.50. The quantitative estimate of drug-likeness (QED) is 0.922. The summed E-state index contributed by atoms with van der Waals surface area (Å²) in [4.78, 5) is 11.6. The number of hydrogen-bond donors (Lipinski definition) is 1. The Bertz CT molecular complexity index is 603. The van der Waals surface area contributed by atoms with Crippen LogP contribution in [0.3, 0.4) is 0 Å². The van der Waals surface area contributed by atoms with E-state index in [2.05, 4.69) is 15.5 Å². The summed E-state index contributed by atoms with van der Waals surface area (Å²) in [5.74, 6) is -0.804. The molecule has 0 saturated heterocycles. The Kier molecular flexibility index (Phi) is 4.67. The van der Waals surface area contributed by atoms with Gasteiger partial charge in [-0.1, -0.05) is 29.5 Å². The van der Waals surface area contributed by atoms with E-state index in [4.69, 9.17) is 0 Å². The number of nitrogens with one attached hydrogen (secondary N) is 1. The van der Waals surface area contributed by atoms with Crippen LogP contribution in [0.5, 0.6) is 0 Å². The maximum absolute atomic E-state index is 13.3. The zero-order valence-electron chi connectivity index (χ0n) is 10.1. The first-order valence-corrected chi connectivity index (χ1v) is 6.52. The average molecular weight is 301 g/mol. The summed E-state index contributed by atoms with van der Waals surface area (Å²) < 4.78 is 37.9. The van der Waals surface area contributed by atoms with Crippen molar-refractivity contribution in [3.8, 4) is 0 Å². The van der Waals surface area contributed by atoms with Gasteiger partial charge in [-0.3, -0.25) is 4.79 Å². The Morgan fingerprint density at radius 3 is 2.70 bits per heavy atom. The molecule has 0 saturated carbocycles. The van der Waals surface area contributed by atoms with E-state index in [-0.39, 0.29) is 23.8 Å². The van der Waals surface area contributed by atoms with E-state index in [1.165, 1.54) is 6.07 Å². The Morgan fingerprint density at radius 2 is 2.05 bits per heavy atom. The van der Waals surface area contributed by atoms with Crippen LogP contribution in [0.4, 0.5) is 18.3 Å². The molecule has 0 radical (unpaired) electrons. The lowest BCUT2D eigenvalue weighted by atomic mass is 10.1. The van der Waals surface area contributed by atoms with Crippen molar-refractivity contribution in [1.82, 2.24) is 10.2 Å². The molecule has 0 aliphatic carbocycles. The van der Waals surface area contributed by atoms with Gasteiger partial charge in [-0.05, 0) is 18.1 Å². The maximum atomic E-state index is 13.3. The number of aromatic nitrogens is 2. The minimum Gasteiger partial charge on any atom is -0.301 e. The summed E-state index contributed by atoms with van der Waals surface area (Å²) in [5.41, 5.74) is 0.424. The molecule has 0 spiro atoms. The third kappa shape index (κ3) is 3.77. The minimum absolute atomic E-state index is 0.0128. The number of amides is 1.